The van der Waals surface area contributed by atoms with Crippen molar-refractivity contribution in [2.24, 2.45) is 5.92 Å². The fraction of sp³-hybridized carbons (Fsp3) is 0.421. The van der Waals surface area contributed by atoms with Crippen LogP contribution in [0.5, 0.6) is 0 Å². The first-order valence-corrected chi connectivity index (χ1v) is 8.76. The smallest absolute Gasteiger partial charge is 0.227 e. The summed E-state index contributed by atoms with van der Waals surface area (Å²) in [5, 5.41) is 0. The van der Waals surface area contributed by atoms with E-state index in [1.807, 2.05) is 10.8 Å². The Morgan fingerprint density at radius 1 is 1.42 bits per heavy atom. The van der Waals surface area contributed by atoms with Gasteiger partial charge < -0.3 is 14.4 Å². The molecule has 0 saturated carbocycles. The zero-order valence-electron chi connectivity index (χ0n) is 14.8. The topological polar surface area (TPSA) is 58.4 Å². The van der Waals surface area contributed by atoms with Crippen molar-refractivity contribution in [3.8, 4) is 0 Å². The van der Waals surface area contributed by atoms with Crippen molar-refractivity contribution >= 4 is 11.8 Å². The van der Waals surface area contributed by atoms with Gasteiger partial charge in [0.2, 0.25) is 11.8 Å². The van der Waals surface area contributed by atoms with Crippen LogP contribution in [0.4, 0.5) is 4.39 Å². The van der Waals surface area contributed by atoms with Crippen molar-refractivity contribution in [3.05, 3.63) is 54.4 Å². The molecule has 1 aliphatic rings. The third kappa shape index (κ3) is 4.47. The van der Waals surface area contributed by atoms with Gasteiger partial charge in [-0.3, -0.25) is 9.59 Å². The summed E-state index contributed by atoms with van der Waals surface area (Å²) in [6.07, 6.45) is 6.20. The molecule has 2 aromatic rings. The van der Waals surface area contributed by atoms with Gasteiger partial charge in [-0.15, -0.1) is 0 Å². The van der Waals surface area contributed by atoms with E-state index in [1.165, 1.54) is 12.1 Å². The van der Waals surface area contributed by atoms with Crippen LogP contribution in [-0.4, -0.2) is 51.3 Å². The lowest BCUT2D eigenvalue weighted by Gasteiger charge is -2.34. The van der Waals surface area contributed by atoms with E-state index in [4.69, 9.17) is 0 Å². The van der Waals surface area contributed by atoms with Gasteiger partial charge >= 0.3 is 0 Å². The minimum absolute atomic E-state index is 0.0133. The predicted octanol–water partition coefficient (Wildman–Crippen LogP) is 1.92. The van der Waals surface area contributed by atoms with Crippen molar-refractivity contribution in [2.75, 3.05) is 20.1 Å². The van der Waals surface area contributed by atoms with Crippen LogP contribution in [0.1, 0.15) is 18.4 Å². The summed E-state index contributed by atoms with van der Waals surface area (Å²) in [5.74, 6) is -0.478. The number of hydrogen-bond donors (Lipinski definition) is 0. The average Bonchev–Trinajstić information content (AvgIpc) is 3.14. The summed E-state index contributed by atoms with van der Waals surface area (Å²) in [6, 6.07) is 6.23. The minimum atomic E-state index is -0.321. The van der Waals surface area contributed by atoms with E-state index in [0.717, 1.165) is 5.56 Å². The second-order valence-electron chi connectivity index (χ2n) is 6.70. The Morgan fingerprint density at radius 3 is 3.00 bits per heavy atom. The van der Waals surface area contributed by atoms with Crippen LogP contribution in [0.3, 0.4) is 0 Å². The molecule has 0 N–H and O–H groups in total. The fourth-order valence-electron chi connectivity index (χ4n) is 3.23. The zero-order valence-corrected chi connectivity index (χ0v) is 14.8. The number of amides is 2. The van der Waals surface area contributed by atoms with Gasteiger partial charge in [-0.05, 0) is 24.1 Å². The van der Waals surface area contributed by atoms with Gasteiger partial charge in [-0.1, -0.05) is 12.1 Å². The largest absolute Gasteiger partial charge is 0.344 e. The number of carbonyl (C=O) groups excluding carboxylic acids is 2. The lowest BCUT2D eigenvalue weighted by molar-refractivity contribution is -0.142. The number of benzene rings is 1. The van der Waals surface area contributed by atoms with Gasteiger partial charge in [-0.2, -0.15) is 0 Å². The lowest BCUT2D eigenvalue weighted by atomic mass is 9.95. The monoisotopic (exact) mass is 358 g/mol. The number of halogens is 1. The number of nitrogens with zero attached hydrogens (tertiary/aromatic N) is 4. The maximum Gasteiger partial charge on any atom is 0.227 e. The van der Waals surface area contributed by atoms with E-state index in [9.17, 15) is 14.0 Å². The van der Waals surface area contributed by atoms with Gasteiger partial charge in [0.05, 0.1) is 12.2 Å². The van der Waals surface area contributed by atoms with Gasteiger partial charge in [0.25, 0.3) is 0 Å². The van der Waals surface area contributed by atoms with Crippen molar-refractivity contribution in [2.45, 2.75) is 25.9 Å². The van der Waals surface area contributed by atoms with Crippen LogP contribution in [0, 0.1) is 11.7 Å². The van der Waals surface area contributed by atoms with Gasteiger partial charge in [0.15, 0.2) is 0 Å². The van der Waals surface area contributed by atoms with Crippen molar-refractivity contribution in [1.82, 2.24) is 19.4 Å². The molecule has 7 heteroatoms. The highest BCUT2D eigenvalue weighted by atomic mass is 19.1. The third-order valence-corrected chi connectivity index (χ3v) is 4.74. The number of rotatable bonds is 6. The molecule has 0 aliphatic carbocycles. The van der Waals surface area contributed by atoms with Crippen LogP contribution in [-0.2, 0) is 22.7 Å². The van der Waals surface area contributed by atoms with Gasteiger partial charge in [0.1, 0.15) is 5.82 Å². The molecule has 0 bridgehead atoms. The molecular weight excluding hydrogens is 335 g/mol. The fourth-order valence-corrected chi connectivity index (χ4v) is 3.23. The van der Waals surface area contributed by atoms with E-state index in [-0.39, 0.29) is 23.5 Å². The molecule has 0 spiro atoms. The third-order valence-electron chi connectivity index (χ3n) is 4.74. The molecule has 3 rings (SSSR count). The molecule has 1 unspecified atom stereocenters. The highest BCUT2D eigenvalue weighted by Crippen LogP contribution is 2.21. The Bertz CT molecular complexity index is 763. The molecule has 2 amide bonds. The number of likely N-dealkylation sites (tertiary alicyclic amines) is 1. The second-order valence-corrected chi connectivity index (χ2v) is 6.70. The van der Waals surface area contributed by atoms with E-state index in [2.05, 4.69) is 4.98 Å². The molecule has 1 saturated heterocycles. The molecule has 1 aliphatic heterocycles. The summed E-state index contributed by atoms with van der Waals surface area (Å²) in [4.78, 5) is 32.3. The maximum atomic E-state index is 13.4. The summed E-state index contributed by atoms with van der Waals surface area (Å²) >= 11 is 0. The summed E-state index contributed by atoms with van der Waals surface area (Å²) < 4.78 is 15.3. The molecule has 1 atom stereocenters. The summed E-state index contributed by atoms with van der Waals surface area (Å²) in [6.45, 7) is 1.98. The Morgan fingerprint density at radius 2 is 2.27 bits per heavy atom. The molecule has 6 nitrogen and oxygen atoms in total. The quantitative estimate of drug-likeness (QED) is 0.793. The molecule has 0 radical (unpaired) electrons. The van der Waals surface area contributed by atoms with Crippen LogP contribution in [0.15, 0.2) is 43.0 Å². The summed E-state index contributed by atoms with van der Waals surface area (Å²) in [5.41, 5.74) is 0.736. The standard InChI is InChI=1S/C19H23FN4O2/c1-22(9-10-23-8-7-21-14-23)19(26)16-5-6-18(25)24(13-16)12-15-3-2-4-17(20)11-15/h2-4,7-8,11,14,16H,5-6,9-10,12-13H2,1H3. The van der Waals surface area contributed by atoms with Crippen molar-refractivity contribution < 1.29 is 14.0 Å². The van der Waals surface area contributed by atoms with Gasteiger partial charge in [-0.25, -0.2) is 9.37 Å². The van der Waals surface area contributed by atoms with Crippen LogP contribution in [0.2, 0.25) is 0 Å². The average molecular weight is 358 g/mol. The maximum absolute atomic E-state index is 13.4. The van der Waals surface area contributed by atoms with E-state index in [0.29, 0.717) is 39.0 Å². The zero-order chi connectivity index (χ0) is 18.5. The van der Waals surface area contributed by atoms with E-state index in [1.54, 1.807) is 41.5 Å². The lowest BCUT2D eigenvalue weighted by Crippen LogP contribution is -2.46. The number of likely N-dealkylation sites (N-methyl/N-ethyl adjacent to an activating group) is 1. The molecule has 138 valence electrons. The highest BCUT2D eigenvalue weighted by molar-refractivity contribution is 5.83. The van der Waals surface area contributed by atoms with E-state index >= 15 is 0 Å². The number of carbonyl (C=O) groups is 2. The number of piperidine rings is 1. The molecule has 26 heavy (non-hydrogen) atoms. The van der Waals surface area contributed by atoms with Crippen LogP contribution >= 0.6 is 0 Å². The van der Waals surface area contributed by atoms with Crippen molar-refractivity contribution in [3.63, 3.8) is 0 Å². The second kappa shape index (κ2) is 8.12. The van der Waals surface area contributed by atoms with Crippen molar-refractivity contribution in [1.29, 1.82) is 0 Å². The van der Waals surface area contributed by atoms with Crippen LogP contribution < -0.4 is 0 Å². The molecule has 1 aromatic heterocycles. The Labute approximate surface area is 152 Å². The minimum Gasteiger partial charge on any atom is -0.344 e. The molecule has 1 aromatic carbocycles. The predicted molar refractivity (Wildman–Crippen MR) is 94.4 cm³/mol. The number of imidazole rings is 1. The first kappa shape index (κ1) is 18.1. The first-order valence-electron chi connectivity index (χ1n) is 8.76. The molecular formula is C19H23FN4O2. The SMILES string of the molecule is CN(CCn1ccnc1)C(=O)C1CCC(=O)N(Cc2cccc(F)c2)C1. The molecule has 1 fully saturated rings. The highest BCUT2D eigenvalue weighted by Gasteiger charge is 2.31. The Balaban J connectivity index is 1.57. The number of aromatic nitrogens is 2. The number of hydrogen-bond acceptors (Lipinski definition) is 3. The summed E-state index contributed by atoms with van der Waals surface area (Å²) in [7, 11) is 1.78. The normalized spacial score (nSPS) is 17.4. The van der Waals surface area contributed by atoms with E-state index < -0.39 is 0 Å². The molecule has 2 heterocycles. The first-order chi connectivity index (χ1) is 12.5. The van der Waals surface area contributed by atoms with Crippen LogP contribution in [0.25, 0.3) is 0 Å². The Kier molecular flexibility index (Phi) is 5.65. The van der Waals surface area contributed by atoms with Gasteiger partial charge in [0, 0.05) is 52.0 Å². The Hall–Kier alpha value is -2.70.